The number of oxazole rings is 1. The number of piperazine rings is 1. The maximum Gasteiger partial charge on any atom is 0.417 e. The summed E-state index contributed by atoms with van der Waals surface area (Å²) in [6.45, 7) is 3.34. The van der Waals surface area contributed by atoms with Gasteiger partial charge >= 0.3 is 6.18 Å². The highest BCUT2D eigenvalue weighted by Crippen LogP contribution is 2.34. The van der Waals surface area contributed by atoms with Gasteiger partial charge < -0.3 is 14.5 Å². The van der Waals surface area contributed by atoms with Gasteiger partial charge in [0.15, 0.2) is 18.1 Å². The lowest BCUT2D eigenvalue weighted by atomic mass is 9.92. The number of nitrogens with one attached hydrogen (secondary N) is 1. The third-order valence-electron chi connectivity index (χ3n) is 7.46. The van der Waals surface area contributed by atoms with Gasteiger partial charge in [0, 0.05) is 42.9 Å². The van der Waals surface area contributed by atoms with Gasteiger partial charge in [-0.05, 0) is 62.1 Å². The molecule has 8 nitrogen and oxygen atoms in total. The number of ether oxygens (including phenoxy) is 1. The van der Waals surface area contributed by atoms with Crippen molar-refractivity contribution in [2.45, 2.75) is 56.8 Å². The highest BCUT2D eigenvalue weighted by atomic mass is 35.5. The molecule has 1 aliphatic carbocycles. The zero-order valence-corrected chi connectivity index (χ0v) is 22.4. The molecule has 1 saturated carbocycles. The van der Waals surface area contributed by atoms with Crippen molar-refractivity contribution in [1.82, 2.24) is 14.8 Å². The second-order valence-electron chi connectivity index (χ2n) is 10.2. The minimum absolute atomic E-state index is 0.0185. The molecule has 1 N–H and O–H groups in total. The number of aromatic nitrogens is 1. The monoisotopic (exact) mass is 575 g/mol. The summed E-state index contributed by atoms with van der Waals surface area (Å²) in [5.74, 6) is 0.620. The quantitative estimate of drug-likeness (QED) is 0.354. The minimum Gasteiger partial charge on any atom is -0.439 e. The van der Waals surface area contributed by atoms with Crippen molar-refractivity contribution in [2.75, 3.05) is 31.5 Å². The number of hydrogen-bond acceptors (Lipinski definition) is 8. The number of halogens is 4. The number of hydrogen-bond donors (Lipinski definition) is 1. The maximum atomic E-state index is 13.3. The van der Waals surface area contributed by atoms with Gasteiger partial charge in [0.2, 0.25) is 5.89 Å². The van der Waals surface area contributed by atoms with E-state index in [1.54, 1.807) is 24.3 Å². The van der Waals surface area contributed by atoms with Gasteiger partial charge in [-0.3, -0.25) is 14.6 Å². The Labute approximate surface area is 234 Å². The maximum absolute atomic E-state index is 13.3. The number of fused-ring (bicyclic) bond motifs is 1. The zero-order valence-electron chi connectivity index (χ0n) is 21.7. The van der Waals surface area contributed by atoms with Gasteiger partial charge in [-0.15, -0.1) is 0 Å². The first-order valence-corrected chi connectivity index (χ1v) is 13.6. The van der Waals surface area contributed by atoms with Crippen LogP contribution in [0, 0.1) is 11.3 Å². The standard InChI is InChI=1S/C28H29ClF3N5O3/c29-19-2-8-25-24(13-19)35-26(40-25)16-36-9-11-37(12-10-36)27(17-38)39-22-6-4-20(5-7-22)34-21-3-1-18(15-33)23(14-21)28(30,31)32/h1-3,8,13-14,17,20,22,27,34H,4-7,9-12,16H2. The number of benzene rings is 2. The van der Waals surface area contributed by atoms with Crippen molar-refractivity contribution in [3.05, 3.63) is 58.4 Å². The predicted octanol–water partition coefficient (Wildman–Crippen LogP) is 5.45. The smallest absolute Gasteiger partial charge is 0.417 e. The summed E-state index contributed by atoms with van der Waals surface area (Å²) < 4.78 is 51.8. The molecule has 2 aromatic carbocycles. The van der Waals surface area contributed by atoms with Crippen LogP contribution in [0.3, 0.4) is 0 Å². The summed E-state index contributed by atoms with van der Waals surface area (Å²) in [5, 5.41) is 12.8. The van der Waals surface area contributed by atoms with E-state index >= 15 is 0 Å². The van der Waals surface area contributed by atoms with Crippen molar-refractivity contribution in [3.8, 4) is 6.07 Å². The van der Waals surface area contributed by atoms with Crippen molar-refractivity contribution < 1.29 is 27.1 Å². The number of nitrogens with zero attached hydrogens (tertiary/aromatic N) is 4. The molecule has 1 aliphatic heterocycles. The predicted molar refractivity (Wildman–Crippen MR) is 143 cm³/mol. The molecule has 2 fully saturated rings. The van der Waals surface area contributed by atoms with Gasteiger partial charge in [-0.2, -0.15) is 18.4 Å². The fraction of sp³-hybridized carbons (Fsp3) is 0.464. The Bertz CT molecular complexity index is 1380. The van der Waals surface area contributed by atoms with Crippen molar-refractivity contribution in [2.24, 2.45) is 0 Å². The van der Waals surface area contributed by atoms with Crippen molar-refractivity contribution in [3.63, 3.8) is 0 Å². The lowest BCUT2D eigenvalue weighted by molar-refractivity contribution is -0.146. The summed E-state index contributed by atoms with van der Waals surface area (Å²) in [6, 6.07) is 10.6. The SMILES string of the molecule is N#Cc1ccc(NC2CCC(OC(C=O)N3CCN(Cc4nc5cc(Cl)ccc5o4)CC3)CC2)cc1C(F)(F)F. The molecular weight excluding hydrogens is 547 g/mol. The Morgan fingerprint density at radius 3 is 2.58 bits per heavy atom. The molecule has 12 heteroatoms. The normalized spacial score (nSPS) is 21.7. The van der Waals surface area contributed by atoms with E-state index in [1.165, 1.54) is 12.1 Å². The van der Waals surface area contributed by atoms with E-state index in [-0.39, 0.29) is 12.1 Å². The van der Waals surface area contributed by atoms with Crippen LogP contribution in [-0.4, -0.2) is 65.6 Å². The van der Waals surface area contributed by atoms with E-state index in [2.05, 4.69) is 15.2 Å². The van der Waals surface area contributed by atoms with Crippen LogP contribution in [0.1, 0.15) is 42.7 Å². The molecule has 2 heterocycles. The molecule has 2 aliphatic rings. The fourth-order valence-corrected chi connectivity index (χ4v) is 5.50. The highest BCUT2D eigenvalue weighted by Gasteiger charge is 2.34. The van der Waals surface area contributed by atoms with E-state index < -0.39 is 23.5 Å². The lowest BCUT2D eigenvalue weighted by Gasteiger charge is -2.39. The summed E-state index contributed by atoms with van der Waals surface area (Å²) in [6.07, 6.45) is -1.75. The third kappa shape index (κ3) is 6.75. The van der Waals surface area contributed by atoms with Gasteiger partial charge in [-0.25, -0.2) is 4.98 Å². The number of rotatable bonds is 8. The van der Waals surface area contributed by atoms with Crippen LogP contribution in [0.5, 0.6) is 0 Å². The van der Waals surface area contributed by atoms with Crippen LogP contribution in [0.2, 0.25) is 5.02 Å². The van der Waals surface area contributed by atoms with Crippen LogP contribution in [0.25, 0.3) is 11.1 Å². The van der Waals surface area contributed by atoms with Crippen LogP contribution in [0.15, 0.2) is 40.8 Å². The first kappa shape index (κ1) is 28.4. The van der Waals surface area contributed by atoms with Gasteiger partial charge in [0.25, 0.3) is 0 Å². The van der Waals surface area contributed by atoms with Gasteiger partial charge in [-0.1, -0.05) is 11.6 Å². The summed E-state index contributed by atoms with van der Waals surface area (Å²) in [5.41, 5.74) is 0.418. The average molecular weight is 576 g/mol. The zero-order chi connectivity index (χ0) is 28.3. The fourth-order valence-electron chi connectivity index (χ4n) is 5.33. The molecule has 3 aromatic rings. The first-order valence-electron chi connectivity index (χ1n) is 13.2. The number of carbonyl (C=O) groups excluding carboxylic acids is 1. The summed E-state index contributed by atoms with van der Waals surface area (Å²) >= 11 is 6.03. The van der Waals surface area contributed by atoms with E-state index in [0.29, 0.717) is 67.5 Å². The summed E-state index contributed by atoms with van der Waals surface area (Å²) in [4.78, 5) is 20.7. The third-order valence-corrected chi connectivity index (χ3v) is 7.69. The number of anilines is 1. The molecular formula is C28H29ClF3N5O3. The molecule has 1 saturated heterocycles. The molecule has 1 unspecified atom stereocenters. The Hall–Kier alpha value is -3.17. The second kappa shape index (κ2) is 12.1. The minimum atomic E-state index is -4.59. The average Bonchev–Trinajstić information content (AvgIpc) is 3.34. The molecule has 0 bridgehead atoms. The number of nitriles is 1. The molecule has 1 aromatic heterocycles. The van der Waals surface area contributed by atoms with Crippen LogP contribution in [0.4, 0.5) is 18.9 Å². The van der Waals surface area contributed by atoms with Gasteiger partial charge in [0.05, 0.1) is 29.8 Å². The molecule has 40 heavy (non-hydrogen) atoms. The number of alkyl halides is 3. The first-order chi connectivity index (χ1) is 19.2. The van der Waals surface area contributed by atoms with Crippen LogP contribution < -0.4 is 5.32 Å². The Morgan fingerprint density at radius 2 is 1.90 bits per heavy atom. The topological polar surface area (TPSA) is 94.6 Å². The van der Waals surface area contributed by atoms with E-state index in [1.807, 2.05) is 4.90 Å². The lowest BCUT2D eigenvalue weighted by Crippen LogP contribution is -2.52. The Kier molecular flexibility index (Phi) is 8.61. The molecule has 5 rings (SSSR count). The number of aldehydes is 1. The number of carbonyl (C=O) groups is 1. The van der Waals surface area contributed by atoms with E-state index in [9.17, 15) is 18.0 Å². The molecule has 1 atom stereocenters. The highest BCUT2D eigenvalue weighted by molar-refractivity contribution is 6.31. The Balaban J connectivity index is 1.08. The second-order valence-corrected chi connectivity index (χ2v) is 10.6. The molecule has 212 valence electrons. The van der Waals surface area contributed by atoms with Crippen LogP contribution >= 0.6 is 11.6 Å². The van der Waals surface area contributed by atoms with Crippen molar-refractivity contribution >= 4 is 34.7 Å². The molecule has 0 amide bonds. The Morgan fingerprint density at radius 1 is 1.15 bits per heavy atom. The van der Waals surface area contributed by atoms with E-state index in [4.69, 9.17) is 26.0 Å². The molecule has 0 radical (unpaired) electrons. The van der Waals surface area contributed by atoms with Crippen LogP contribution in [-0.2, 0) is 22.3 Å². The largest absolute Gasteiger partial charge is 0.439 e. The van der Waals surface area contributed by atoms with Gasteiger partial charge in [0.1, 0.15) is 5.52 Å². The summed E-state index contributed by atoms with van der Waals surface area (Å²) in [7, 11) is 0. The van der Waals surface area contributed by atoms with E-state index in [0.717, 1.165) is 31.0 Å². The van der Waals surface area contributed by atoms with Crippen molar-refractivity contribution in [1.29, 1.82) is 5.26 Å². The molecule has 0 spiro atoms.